The van der Waals surface area contributed by atoms with E-state index in [1.165, 1.54) is 16.7 Å². The maximum absolute atomic E-state index is 6.13. The minimum atomic E-state index is 0.382. The normalized spacial score (nSPS) is 12.4. The summed E-state index contributed by atoms with van der Waals surface area (Å²) in [7, 11) is 0. The summed E-state index contributed by atoms with van der Waals surface area (Å²) >= 11 is 9.58. The second-order valence-electron chi connectivity index (χ2n) is 4.60. The van der Waals surface area contributed by atoms with Crippen molar-refractivity contribution in [1.29, 1.82) is 0 Å². The molecule has 0 saturated carbocycles. The van der Waals surface area contributed by atoms with Crippen LogP contribution in [0.3, 0.4) is 0 Å². The molecule has 94 valence electrons. The number of hydrogen-bond donors (Lipinski definition) is 0. The Morgan fingerprint density at radius 1 is 1.11 bits per heavy atom. The highest BCUT2D eigenvalue weighted by molar-refractivity contribution is 9.10. The van der Waals surface area contributed by atoms with Gasteiger partial charge < -0.3 is 0 Å². The number of halogens is 2. The molecule has 2 heteroatoms. The van der Waals surface area contributed by atoms with E-state index < -0.39 is 0 Å². The van der Waals surface area contributed by atoms with Crippen molar-refractivity contribution in [1.82, 2.24) is 0 Å². The Balaban J connectivity index is 2.17. The highest BCUT2D eigenvalue weighted by Crippen LogP contribution is 2.24. The first-order valence-electron chi connectivity index (χ1n) is 6.06. The van der Waals surface area contributed by atoms with Crippen LogP contribution in [-0.2, 0) is 6.42 Å². The molecule has 0 nitrogen and oxygen atoms in total. The summed E-state index contributed by atoms with van der Waals surface area (Å²) in [6, 6.07) is 17.1. The maximum atomic E-state index is 6.13. The topological polar surface area (TPSA) is 0 Å². The highest BCUT2D eigenvalue weighted by atomic mass is 79.9. The van der Waals surface area contributed by atoms with Crippen molar-refractivity contribution < 1.29 is 0 Å². The molecule has 0 radical (unpaired) electrons. The summed E-state index contributed by atoms with van der Waals surface area (Å²) in [6.45, 7) is 2.12. The molecule has 0 aliphatic rings. The van der Waals surface area contributed by atoms with Gasteiger partial charge in [-0.15, -0.1) is 11.6 Å². The molecule has 0 N–H and O–H groups in total. The SMILES string of the molecule is Cc1cccc(C(CCl)Cc2ccc(Br)cc2)c1. The van der Waals surface area contributed by atoms with Gasteiger partial charge in [0.05, 0.1) is 0 Å². The van der Waals surface area contributed by atoms with E-state index in [0.717, 1.165) is 10.9 Å². The summed E-state index contributed by atoms with van der Waals surface area (Å²) < 4.78 is 1.12. The van der Waals surface area contributed by atoms with Crippen LogP contribution < -0.4 is 0 Å². The van der Waals surface area contributed by atoms with E-state index in [1.807, 2.05) is 0 Å². The lowest BCUT2D eigenvalue weighted by Crippen LogP contribution is -2.05. The van der Waals surface area contributed by atoms with Gasteiger partial charge in [0.25, 0.3) is 0 Å². The van der Waals surface area contributed by atoms with Crippen LogP contribution in [0.25, 0.3) is 0 Å². The van der Waals surface area contributed by atoms with Gasteiger partial charge in [-0.3, -0.25) is 0 Å². The average molecular weight is 324 g/mol. The monoisotopic (exact) mass is 322 g/mol. The van der Waals surface area contributed by atoms with E-state index >= 15 is 0 Å². The lowest BCUT2D eigenvalue weighted by molar-refractivity contribution is 0.765. The number of benzene rings is 2. The van der Waals surface area contributed by atoms with Crippen LogP contribution in [0.5, 0.6) is 0 Å². The van der Waals surface area contributed by atoms with Crippen LogP contribution >= 0.6 is 27.5 Å². The Labute approximate surface area is 122 Å². The zero-order valence-corrected chi connectivity index (χ0v) is 12.7. The molecule has 1 unspecified atom stereocenters. The molecular formula is C16H16BrCl. The molecule has 0 aromatic heterocycles. The van der Waals surface area contributed by atoms with Crippen LogP contribution in [0.1, 0.15) is 22.6 Å². The molecule has 2 aromatic carbocycles. The molecule has 2 rings (SSSR count). The van der Waals surface area contributed by atoms with E-state index in [2.05, 4.69) is 71.4 Å². The van der Waals surface area contributed by atoms with Crippen LogP contribution in [0.2, 0.25) is 0 Å². The van der Waals surface area contributed by atoms with Gasteiger partial charge in [0.2, 0.25) is 0 Å². The Morgan fingerprint density at radius 3 is 2.44 bits per heavy atom. The highest BCUT2D eigenvalue weighted by Gasteiger charge is 2.11. The Morgan fingerprint density at radius 2 is 1.83 bits per heavy atom. The molecule has 0 spiro atoms. The minimum absolute atomic E-state index is 0.382. The first-order chi connectivity index (χ1) is 8.69. The van der Waals surface area contributed by atoms with Crippen LogP contribution in [-0.4, -0.2) is 5.88 Å². The molecule has 1 atom stereocenters. The van der Waals surface area contributed by atoms with Crippen LogP contribution in [0, 0.1) is 6.92 Å². The van der Waals surface area contributed by atoms with Crippen molar-refractivity contribution >= 4 is 27.5 Å². The molecular weight excluding hydrogens is 308 g/mol. The molecule has 18 heavy (non-hydrogen) atoms. The molecule has 0 bridgehead atoms. The second kappa shape index (κ2) is 6.40. The first-order valence-corrected chi connectivity index (χ1v) is 7.39. The van der Waals surface area contributed by atoms with Gasteiger partial charge in [-0.1, -0.05) is 57.9 Å². The van der Waals surface area contributed by atoms with Crippen molar-refractivity contribution in [3.63, 3.8) is 0 Å². The lowest BCUT2D eigenvalue weighted by Gasteiger charge is -2.15. The van der Waals surface area contributed by atoms with Gasteiger partial charge in [0.1, 0.15) is 0 Å². The average Bonchev–Trinajstić information content (AvgIpc) is 2.38. The predicted molar refractivity (Wildman–Crippen MR) is 82.5 cm³/mol. The third kappa shape index (κ3) is 3.60. The number of aryl methyl sites for hydroxylation is 1. The molecule has 0 amide bonds. The summed E-state index contributed by atoms with van der Waals surface area (Å²) in [4.78, 5) is 0. The van der Waals surface area contributed by atoms with Crippen LogP contribution in [0.15, 0.2) is 53.0 Å². The number of alkyl halides is 1. The zero-order valence-electron chi connectivity index (χ0n) is 10.4. The van der Waals surface area contributed by atoms with Gasteiger partial charge in [0, 0.05) is 16.3 Å². The fourth-order valence-electron chi connectivity index (χ4n) is 2.09. The second-order valence-corrected chi connectivity index (χ2v) is 5.82. The molecule has 0 fully saturated rings. The van der Waals surface area contributed by atoms with Gasteiger partial charge in [0.15, 0.2) is 0 Å². The third-order valence-corrected chi connectivity index (χ3v) is 4.00. The van der Waals surface area contributed by atoms with Gasteiger partial charge >= 0.3 is 0 Å². The Bertz CT molecular complexity index is 505. The summed E-state index contributed by atoms with van der Waals surface area (Å²) in [5.41, 5.74) is 3.94. The fraction of sp³-hybridized carbons (Fsp3) is 0.250. The Hall–Kier alpha value is -0.790. The van der Waals surface area contributed by atoms with Gasteiger partial charge in [-0.2, -0.15) is 0 Å². The first kappa shape index (κ1) is 13.6. The number of hydrogen-bond acceptors (Lipinski definition) is 0. The van der Waals surface area contributed by atoms with Crippen molar-refractivity contribution in [2.45, 2.75) is 19.3 Å². The minimum Gasteiger partial charge on any atom is -0.126 e. The largest absolute Gasteiger partial charge is 0.126 e. The maximum Gasteiger partial charge on any atom is 0.0295 e. The van der Waals surface area contributed by atoms with Gasteiger partial charge in [-0.25, -0.2) is 0 Å². The van der Waals surface area contributed by atoms with E-state index in [9.17, 15) is 0 Å². The summed E-state index contributed by atoms with van der Waals surface area (Å²) in [6.07, 6.45) is 0.986. The number of rotatable bonds is 4. The van der Waals surface area contributed by atoms with Crippen molar-refractivity contribution in [2.75, 3.05) is 5.88 Å². The molecule has 2 aromatic rings. The van der Waals surface area contributed by atoms with Crippen molar-refractivity contribution in [3.8, 4) is 0 Å². The van der Waals surface area contributed by atoms with Crippen molar-refractivity contribution in [2.24, 2.45) is 0 Å². The third-order valence-electron chi connectivity index (χ3n) is 3.10. The molecule has 0 aliphatic carbocycles. The van der Waals surface area contributed by atoms with Crippen molar-refractivity contribution in [3.05, 3.63) is 69.7 Å². The standard InChI is InChI=1S/C16H16BrCl/c1-12-3-2-4-14(9-12)15(11-18)10-13-5-7-16(17)8-6-13/h2-9,15H,10-11H2,1H3. The van der Waals surface area contributed by atoms with E-state index in [1.54, 1.807) is 0 Å². The molecule has 0 heterocycles. The smallest absolute Gasteiger partial charge is 0.0295 e. The predicted octanol–water partition coefficient (Wildman–Crippen LogP) is 5.32. The fourth-order valence-corrected chi connectivity index (χ4v) is 2.64. The summed E-state index contributed by atoms with van der Waals surface area (Å²) in [5, 5.41) is 0. The van der Waals surface area contributed by atoms with E-state index in [4.69, 9.17) is 11.6 Å². The lowest BCUT2D eigenvalue weighted by atomic mass is 9.93. The van der Waals surface area contributed by atoms with Gasteiger partial charge in [-0.05, 0) is 36.6 Å². The zero-order chi connectivity index (χ0) is 13.0. The van der Waals surface area contributed by atoms with E-state index in [0.29, 0.717) is 11.8 Å². The molecule has 0 saturated heterocycles. The molecule has 0 aliphatic heterocycles. The van der Waals surface area contributed by atoms with Crippen LogP contribution in [0.4, 0.5) is 0 Å². The quantitative estimate of drug-likeness (QED) is 0.668. The van der Waals surface area contributed by atoms with E-state index in [-0.39, 0.29) is 0 Å². The Kier molecular flexibility index (Phi) is 4.85. The summed E-state index contributed by atoms with van der Waals surface area (Å²) in [5.74, 6) is 1.03.